The molecule has 1 aliphatic rings. The van der Waals surface area contributed by atoms with Gasteiger partial charge in [-0.05, 0) is 36.4 Å². The summed E-state index contributed by atoms with van der Waals surface area (Å²) in [5.74, 6) is -1.42. The Morgan fingerprint density at radius 2 is 1.84 bits per heavy atom. The normalized spacial score (nSPS) is 13.2. The summed E-state index contributed by atoms with van der Waals surface area (Å²) in [4.78, 5) is 30.6. The second kappa shape index (κ2) is 11.0. The number of hydrogen-bond acceptors (Lipinski definition) is 7. The van der Waals surface area contributed by atoms with Crippen molar-refractivity contribution in [3.8, 4) is 17.2 Å². The van der Waals surface area contributed by atoms with Crippen molar-refractivity contribution in [2.24, 2.45) is 0 Å². The first-order valence-corrected chi connectivity index (χ1v) is 11.5. The van der Waals surface area contributed by atoms with Crippen molar-refractivity contribution in [2.75, 3.05) is 36.9 Å². The van der Waals surface area contributed by atoms with Crippen molar-refractivity contribution < 1.29 is 27.8 Å². The van der Waals surface area contributed by atoms with E-state index in [1.165, 1.54) is 59.5 Å². The third-order valence-corrected chi connectivity index (χ3v) is 5.48. The SMILES string of the molecule is O=C(Nc1ccc(Oc2ccnc(NC(=O)N3CCOCC3)c2)c(F)c1)c1cn(-c2cccc(F)c2)nn1. The van der Waals surface area contributed by atoms with E-state index >= 15 is 0 Å². The van der Waals surface area contributed by atoms with Crippen LogP contribution in [-0.4, -0.2) is 63.1 Å². The summed E-state index contributed by atoms with van der Waals surface area (Å²) in [7, 11) is 0. The molecule has 13 heteroatoms. The van der Waals surface area contributed by atoms with Crippen molar-refractivity contribution in [2.45, 2.75) is 0 Å². The lowest BCUT2D eigenvalue weighted by Crippen LogP contribution is -2.43. The number of halogens is 2. The Morgan fingerprint density at radius 3 is 2.63 bits per heavy atom. The lowest BCUT2D eigenvalue weighted by Gasteiger charge is -2.26. The number of rotatable bonds is 6. The Bertz CT molecular complexity index is 1470. The van der Waals surface area contributed by atoms with Gasteiger partial charge in [0.05, 0.1) is 25.1 Å². The van der Waals surface area contributed by atoms with E-state index in [9.17, 15) is 18.4 Å². The Balaban J connectivity index is 1.21. The zero-order chi connectivity index (χ0) is 26.5. The van der Waals surface area contributed by atoms with Gasteiger partial charge in [-0.1, -0.05) is 11.3 Å². The van der Waals surface area contributed by atoms with Gasteiger partial charge in [0, 0.05) is 37.1 Å². The van der Waals surface area contributed by atoms with Gasteiger partial charge >= 0.3 is 6.03 Å². The summed E-state index contributed by atoms with van der Waals surface area (Å²) in [5, 5.41) is 12.8. The molecule has 1 saturated heterocycles. The predicted octanol–water partition coefficient (Wildman–Crippen LogP) is 3.85. The van der Waals surface area contributed by atoms with Crippen molar-refractivity contribution in [3.63, 3.8) is 0 Å². The molecule has 5 rings (SSSR count). The molecule has 38 heavy (non-hydrogen) atoms. The molecular formula is C25H21F2N7O4. The predicted molar refractivity (Wildman–Crippen MR) is 131 cm³/mol. The van der Waals surface area contributed by atoms with E-state index in [0.29, 0.717) is 32.0 Å². The third-order valence-electron chi connectivity index (χ3n) is 5.48. The van der Waals surface area contributed by atoms with Crippen molar-refractivity contribution in [1.29, 1.82) is 0 Å². The maximum absolute atomic E-state index is 14.8. The second-order valence-electron chi connectivity index (χ2n) is 8.14. The summed E-state index contributed by atoms with van der Waals surface area (Å²) < 4.78 is 40.3. The highest BCUT2D eigenvalue weighted by atomic mass is 19.1. The Morgan fingerprint density at radius 1 is 1.00 bits per heavy atom. The van der Waals surface area contributed by atoms with Crippen LogP contribution in [0.4, 0.5) is 25.1 Å². The maximum atomic E-state index is 14.8. The number of ether oxygens (including phenoxy) is 2. The monoisotopic (exact) mass is 521 g/mol. The molecular weight excluding hydrogens is 500 g/mol. The molecule has 0 spiro atoms. The zero-order valence-electron chi connectivity index (χ0n) is 19.8. The van der Waals surface area contributed by atoms with Gasteiger partial charge in [-0.15, -0.1) is 5.10 Å². The lowest BCUT2D eigenvalue weighted by molar-refractivity contribution is 0.0564. The zero-order valence-corrected chi connectivity index (χ0v) is 19.8. The number of aromatic nitrogens is 4. The van der Waals surface area contributed by atoms with Gasteiger partial charge in [0.2, 0.25) is 0 Å². The summed E-state index contributed by atoms with van der Waals surface area (Å²) in [6, 6.07) is 12.2. The third kappa shape index (κ3) is 5.90. The average molecular weight is 521 g/mol. The molecule has 1 aliphatic heterocycles. The molecule has 3 heterocycles. The number of urea groups is 1. The first kappa shape index (κ1) is 24.8. The number of hydrogen-bond donors (Lipinski definition) is 2. The van der Waals surface area contributed by atoms with Gasteiger partial charge in [-0.25, -0.2) is 23.2 Å². The molecule has 11 nitrogen and oxygen atoms in total. The Kier molecular flexibility index (Phi) is 7.17. The minimum Gasteiger partial charge on any atom is -0.454 e. The number of morpholine rings is 1. The molecule has 0 aliphatic carbocycles. The Hall–Kier alpha value is -4.91. The van der Waals surface area contributed by atoms with Crippen LogP contribution in [0.25, 0.3) is 5.69 Å². The van der Waals surface area contributed by atoms with Crippen LogP contribution in [0.15, 0.2) is 67.0 Å². The molecule has 0 unspecified atom stereocenters. The summed E-state index contributed by atoms with van der Waals surface area (Å²) >= 11 is 0. The van der Waals surface area contributed by atoms with Crippen LogP contribution in [-0.2, 0) is 4.74 Å². The van der Waals surface area contributed by atoms with E-state index in [1.807, 2.05) is 0 Å². The molecule has 0 radical (unpaired) electrons. The number of anilines is 2. The highest BCUT2D eigenvalue weighted by molar-refractivity contribution is 6.02. The summed E-state index contributed by atoms with van der Waals surface area (Å²) in [5.41, 5.74) is 0.510. The van der Waals surface area contributed by atoms with E-state index in [2.05, 4.69) is 25.9 Å². The van der Waals surface area contributed by atoms with Crippen LogP contribution >= 0.6 is 0 Å². The van der Waals surface area contributed by atoms with Gasteiger partial charge in [0.15, 0.2) is 17.3 Å². The fourth-order valence-corrected chi connectivity index (χ4v) is 3.59. The number of nitrogens with one attached hydrogen (secondary N) is 2. The van der Waals surface area contributed by atoms with E-state index in [-0.39, 0.29) is 34.7 Å². The lowest BCUT2D eigenvalue weighted by atomic mass is 10.2. The van der Waals surface area contributed by atoms with Crippen molar-refractivity contribution in [1.82, 2.24) is 24.9 Å². The minimum absolute atomic E-state index is 0.0431. The highest BCUT2D eigenvalue weighted by Gasteiger charge is 2.18. The van der Waals surface area contributed by atoms with Gasteiger partial charge in [0.1, 0.15) is 17.4 Å². The maximum Gasteiger partial charge on any atom is 0.323 e. The van der Waals surface area contributed by atoms with E-state index in [4.69, 9.17) is 9.47 Å². The molecule has 2 aromatic heterocycles. The number of pyridine rings is 1. The van der Waals surface area contributed by atoms with Crippen LogP contribution in [0.3, 0.4) is 0 Å². The fraction of sp³-hybridized carbons (Fsp3) is 0.160. The van der Waals surface area contributed by atoms with Crippen molar-refractivity contribution >= 4 is 23.4 Å². The fourth-order valence-electron chi connectivity index (χ4n) is 3.59. The highest BCUT2D eigenvalue weighted by Crippen LogP contribution is 2.28. The van der Waals surface area contributed by atoms with Crippen molar-refractivity contribution in [3.05, 3.63) is 84.3 Å². The smallest absolute Gasteiger partial charge is 0.323 e. The minimum atomic E-state index is -0.734. The number of amides is 3. The summed E-state index contributed by atoms with van der Waals surface area (Å²) in [6.07, 6.45) is 2.75. The molecule has 1 fully saturated rings. The van der Waals surface area contributed by atoms with Gasteiger partial charge < -0.3 is 19.7 Å². The Labute approximate surface area is 215 Å². The first-order chi connectivity index (χ1) is 18.4. The van der Waals surface area contributed by atoms with E-state index in [0.717, 1.165) is 6.07 Å². The topological polar surface area (TPSA) is 124 Å². The second-order valence-corrected chi connectivity index (χ2v) is 8.14. The molecule has 194 valence electrons. The number of nitrogens with zero attached hydrogens (tertiary/aromatic N) is 5. The molecule has 2 aromatic carbocycles. The number of carbonyl (C=O) groups excluding carboxylic acids is 2. The number of benzene rings is 2. The molecule has 3 amide bonds. The standard InChI is InChI=1S/C25H21F2N7O4/c26-16-2-1-3-18(12-16)34-15-21(31-32-34)24(35)29-17-4-5-22(20(27)13-17)38-19-6-7-28-23(14-19)30-25(36)33-8-10-37-11-9-33/h1-7,12-15H,8-11H2,(H,29,35)(H,28,30,36). The molecule has 0 saturated carbocycles. The van der Waals surface area contributed by atoms with E-state index < -0.39 is 17.5 Å². The molecule has 0 atom stereocenters. The van der Waals surface area contributed by atoms with Crippen LogP contribution in [0.5, 0.6) is 11.5 Å². The molecule has 0 bridgehead atoms. The summed E-state index contributed by atoms with van der Waals surface area (Å²) in [6.45, 7) is 1.88. The van der Waals surface area contributed by atoms with Crippen LogP contribution in [0.1, 0.15) is 10.5 Å². The van der Waals surface area contributed by atoms with Crippen LogP contribution in [0.2, 0.25) is 0 Å². The average Bonchev–Trinajstić information content (AvgIpc) is 3.42. The van der Waals surface area contributed by atoms with Crippen LogP contribution in [0, 0.1) is 11.6 Å². The van der Waals surface area contributed by atoms with E-state index in [1.54, 1.807) is 11.0 Å². The molecule has 4 aromatic rings. The molecule has 2 N–H and O–H groups in total. The van der Waals surface area contributed by atoms with Gasteiger partial charge in [0.25, 0.3) is 5.91 Å². The first-order valence-electron chi connectivity index (χ1n) is 11.5. The number of carbonyl (C=O) groups is 2. The van der Waals surface area contributed by atoms with Crippen LogP contribution < -0.4 is 15.4 Å². The largest absolute Gasteiger partial charge is 0.454 e. The van der Waals surface area contributed by atoms with Gasteiger partial charge in [-0.3, -0.25) is 10.1 Å². The quantitative estimate of drug-likeness (QED) is 0.395. The van der Waals surface area contributed by atoms with Gasteiger partial charge in [-0.2, -0.15) is 0 Å².